The third-order valence-electron chi connectivity index (χ3n) is 2.52. The third kappa shape index (κ3) is 3.65. The number of aromatic nitrogens is 1. The molecule has 0 atom stereocenters. The summed E-state index contributed by atoms with van der Waals surface area (Å²) >= 11 is 0. The van der Waals surface area contributed by atoms with Crippen LogP contribution < -0.4 is 4.74 Å². The number of ketones is 1. The van der Waals surface area contributed by atoms with Crippen LogP contribution >= 0.6 is 0 Å². The van der Waals surface area contributed by atoms with E-state index in [2.05, 4.69) is 11.9 Å². The molecule has 1 aromatic rings. The molecule has 0 fully saturated rings. The summed E-state index contributed by atoms with van der Waals surface area (Å²) in [6.07, 6.45) is 6.66. The van der Waals surface area contributed by atoms with Crippen molar-refractivity contribution in [3.63, 3.8) is 0 Å². The number of nitrogens with zero attached hydrogens (tertiary/aromatic N) is 1. The van der Waals surface area contributed by atoms with Gasteiger partial charge < -0.3 is 4.74 Å². The summed E-state index contributed by atoms with van der Waals surface area (Å²) in [5.41, 5.74) is 0.599. The summed E-state index contributed by atoms with van der Waals surface area (Å²) in [6.45, 7) is 2.16. The standard InChI is InChI=1S/C13H19NO2/c1-3-4-5-6-9-12(15)11-8-7-10-14-13(11)16-2/h7-8,10H,3-6,9H2,1-2H3. The Bertz CT molecular complexity index is 336. The summed E-state index contributed by atoms with van der Waals surface area (Å²) in [6, 6.07) is 3.54. The quantitative estimate of drug-likeness (QED) is 0.524. The molecular weight excluding hydrogens is 202 g/mol. The zero-order valence-electron chi connectivity index (χ0n) is 10.0. The van der Waals surface area contributed by atoms with Crippen molar-refractivity contribution < 1.29 is 9.53 Å². The number of hydrogen-bond acceptors (Lipinski definition) is 3. The van der Waals surface area contributed by atoms with Crippen LogP contribution in [0.25, 0.3) is 0 Å². The summed E-state index contributed by atoms with van der Waals surface area (Å²) in [5.74, 6) is 0.559. The molecule has 0 saturated carbocycles. The number of hydrogen-bond donors (Lipinski definition) is 0. The third-order valence-corrected chi connectivity index (χ3v) is 2.52. The number of ether oxygens (including phenoxy) is 1. The number of carbonyl (C=O) groups is 1. The Labute approximate surface area is 96.8 Å². The lowest BCUT2D eigenvalue weighted by atomic mass is 10.1. The van der Waals surface area contributed by atoms with Crippen LogP contribution in [0.2, 0.25) is 0 Å². The second-order valence-electron chi connectivity index (χ2n) is 3.79. The molecule has 1 rings (SSSR count). The van der Waals surface area contributed by atoms with Crippen molar-refractivity contribution in [2.75, 3.05) is 7.11 Å². The van der Waals surface area contributed by atoms with Crippen molar-refractivity contribution in [2.24, 2.45) is 0 Å². The normalized spacial score (nSPS) is 10.1. The van der Waals surface area contributed by atoms with E-state index in [1.165, 1.54) is 20.0 Å². The molecule has 0 aliphatic rings. The van der Waals surface area contributed by atoms with Gasteiger partial charge in [-0.05, 0) is 18.6 Å². The fraction of sp³-hybridized carbons (Fsp3) is 0.538. The molecule has 0 spiro atoms. The van der Waals surface area contributed by atoms with E-state index < -0.39 is 0 Å². The molecule has 0 aliphatic heterocycles. The van der Waals surface area contributed by atoms with Crippen LogP contribution in [0.5, 0.6) is 5.88 Å². The highest BCUT2D eigenvalue weighted by atomic mass is 16.5. The van der Waals surface area contributed by atoms with Crippen molar-refractivity contribution in [3.05, 3.63) is 23.9 Å². The Balaban J connectivity index is 2.52. The molecule has 1 heterocycles. The second kappa shape index (κ2) is 6.99. The van der Waals surface area contributed by atoms with E-state index in [9.17, 15) is 4.79 Å². The fourth-order valence-corrected chi connectivity index (χ4v) is 1.61. The van der Waals surface area contributed by atoms with Crippen molar-refractivity contribution in [1.82, 2.24) is 4.98 Å². The van der Waals surface area contributed by atoms with Crippen LogP contribution in [0, 0.1) is 0 Å². The molecule has 16 heavy (non-hydrogen) atoms. The van der Waals surface area contributed by atoms with Gasteiger partial charge in [-0.25, -0.2) is 4.98 Å². The highest BCUT2D eigenvalue weighted by Crippen LogP contribution is 2.17. The van der Waals surface area contributed by atoms with Gasteiger partial charge in [-0.1, -0.05) is 26.2 Å². The van der Waals surface area contributed by atoms with E-state index in [1.807, 2.05) is 0 Å². The summed E-state index contributed by atoms with van der Waals surface area (Å²) < 4.78 is 5.06. The maximum absolute atomic E-state index is 11.9. The minimum absolute atomic E-state index is 0.126. The van der Waals surface area contributed by atoms with Crippen LogP contribution in [-0.2, 0) is 0 Å². The SMILES string of the molecule is CCCCCCC(=O)c1cccnc1OC. The van der Waals surface area contributed by atoms with E-state index >= 15 is 0 Å². The van der Waals surface area contributed by atoms with Gasteiger partial charge in [-0.3, -0.25) is 4.79 Å². The van der Waals surface area contributed by atoms with Crippen LogP contribution in [0.15, 0.2) is 18.3 Å². The molecule has 0 radical (unpaired) electrons. The molecule has 3 nitrogen and oxygen atoms in total. The van der Waals surface area contributed by atoms with Crippen molar-refractivity contribution in [1.29, 1.82) is 0 Å². The van der Waals surface area contributed by atoms with Crippen LogP contribution in [0.3, 0.4) is 0 Å². The van der Waals surface area contributed by atoms with Gasteiger partial charge in [0.2, 0.25) is 5.88 Å². The molecule has 3 heteroatoms. The molecule has 0 aliphatic carbocycles. The Morgan fingerprint density at radius 3 is 2.88 bits per heavy atom. The van der Waals surface area contributed by atoms with E-state index in [1.54, 1.807) is 18.3 Å². The van der Waals surface area contributed by atoms with Gasteiger partial charge in [0.25, 0.3) is 0 Å². The lowest BCUT2D eigenvalue weighted by Gasteiger charge is -2.05. The molecule has 0 bridgehead atoms. The van der Waals surface area contributed by atoms with Crippen LogP contribution in [0.1, 0.15) is 49.4 Å². The molecule has 0 saturated heterocycles. The summed E-state index contributed by atoms with van der Waals surface area (Å²) in [7, 11) is 1.54. The Morgan fingerprint density at radius 2 is 2.19 bits per heavy atom. The molecule has 88 valence electrons. The van der Waals surface area contributed by atoms with E-state index in [0.717, 1.165) is 12.8 Å². The Kier molecular flexibility index (Phi) is 5.54. The first-order chi connectivity index (χ1) is 7.79. The van der Waals surface area contributed by atoms with Gasteiger partial charge in [-0.15, -0.1) is 0 Å². The zero-order valence-corrected chi connectivity index (χ0v) is 10.0. The lowest BCUT2D eigenvalue weighted by molar-refractivity contribution is 0.0975. The maximum Gasteiger partial charge on any atom is 0.224 e. The van der Waals surface area contributed by atoms with Crippen molar-refractivity contribution in [2.45, 2.75) is 39.0 Å². The van der Waals surface area contributed by atoms with Gasteiger partial charge >= 0.3 is 0 Å². The maximum atomic E-state index is 11.9. The highest BCUT2D eigenvalue weighted by molar-refractivity contribution is 5.98. The van der Waals surface area contributed by atoms with E-state index in [-0.39, 0.29) is 5.78 Å². The predicted molar refractivity (Wildman–Crippen MR) is 63.9 cm³/mol. The Morgan fingerprint density at radius 1 is 1.38 bits per heavy atom. The van der Waals surface area contributed by atoms with E-state index in [4.69, 9.17) is 4.74 Å². The van der Waals surface area contributed by atoms with E-state index in [0.29, 0.717) is 17.9 Å². The second-order valence-corrected chi connectivity index (χ2v) is 3.79. The van der Waals surface area contributed by atoms with Gasteiger partial charge in [0.05, 0.1) is 12.7 Å². The molecule has 0 aromatic carbocycles. The molecule has 1 aromatic heterocycles. The largest absolute Gasteiger partial charge is 0.480 e. The van der Waals surface area contributed by atoms with Crippen LogP contribution in [0.4, 0.5) is 0 Å². The Hall–Kier alpha value is -1.38. The number of rotatable bonds is 7. The van der Waals surface area contributed by atoms with Crippen LogP contribution in [-0.4, -0.2) is 17.9 Å². The van der Waals surface area contributed by atoms with Gasteiger partial charge in [0.1, 0.15) is 0 Å². The zero-order chi connectivity index (χ0) is 11.8. The topological polar surface area (TPSA) is 39.2 Å². The van der Waals surface area contributed by atoms with Gasteiger partial charge in [0, 0.05) is 12.6 Å². The number of Topliss-reactive ketones (excluding diaryl/α,β-unsaturated/α-hetero) is 1. The first-order valence-electron chi connectivity index (χ1n) is 5.81. The summed E-state index contributed by atoms with van der Waals surface area (Å²) in [5, 5.41) is 0. The monoisotopic (exact) mass is 221 g/mol. The minimum atomic E-state index is 0.126. The molecule has 0 unspecified atom stereocenters. The molecule has 0 amide bonds. The number of methoxy groups -OCH3 is 1. The fourth-order valence-electron chi connectivity index (χ4n) is 1.61. The smallest absolute Gasteiger partial charge is 0.224 e. The molecular formula is C13H19NO2. The number of pyridine rings is 1. The average Bonchev–Trinajstić information content (AvgIpc) is 2.34. The first-order valence-corrected chi connectivity index (χ1v) is 5.81. The highest BCUT2D eigenvalue weighted by Gasteiger charge is 2.11. The predicted octanol–water partition coefficient (Wildman–Crippen LogP) is 3.24. The minimum Gasteiger partial charge on any atom is -0.480 e. The number of unbranched alkanes of at least 4 members (excludes halogenated alkanes) is 3. The number of carbonyl (C=O) groups excluding carboxylic acids is 1. The van der Waals surface area contributed by atoms with Crippen molar-refractivity contribution in [3.8, 4) is 5.88 Å². The summed E-state index contributed by atoms with van der Waals surface area (Å²) in [4.78, 5) is 15.9. The average molecular weight is 221 g/mol. The lowest BCUT2D eigenvalue weighted by Crippen LogP contribution is -2.03. The van der Waals surface area contributed by atoms with Gasteiger partial charge in [-0.2, -0.15) is 0 Å². The van der Waals surface area contributed by atoms with Crippen molar-refractivity contribution >= 4 is 5.78 Å². The first kappa shape index (κ1) is 12.7. The molecule has 0 N–H and O–H groups in total. The van der Waals surface area contributed by atoms with Gasteiger partial charge in [0.15, 0.2) is 5.78 Å².